The second-order valence-electron chi connectivity index (χ2n) is 8.64. The van der Waals surface area contributed by atoms with Crippen LogP contribution in [0.4, 0.5) is 0 Å². The maximum Gasteiger partial charge on any atom is 0.241 e. The number of phenolic OH excluding ortho intramolecular Hbond substituents is 1. The van der Waals surface area contributed by atoms with E-state index in [1.165, 1.54) is 44.9 Å². The molecule has 0 aliphatic heterocycles. The van der Waals surface area contributed by atoms with Crippen molar-refractivity contribution >= 4 is 0 Å². The van der Waals surface area contributed by atoms with Gasteiger partial charge in [0, 0.05) is 6.42 Å². The van der Waals surface area contributed by atoms with Crippen molar-refractivity contribution in [1.29, 1.82) is 0 Å². The molecule has 3 heteroatoms. The largest absolute Gasteiger partial charge is 0.508 e. The highest BCUT2D eigenvalue weighted by Gasteiger charge is 2.12. The van der Waals surface area contributed by atoms with Crippen LogP contribution in [0.3, 0.4) is 0 Å². The van der Waals surface area contributed by atoms with E-state index < -0.39 is 0 Å². The zero-order valence-corrected chi connectivity index (χ0v) is 19.7. The Labute approximate surface area is 199 Å². The van der Waals surface area contributed by atoms with Crippen LogP contribution in [0, 0.1) is 0 Å². The van der Waals surface area contributed by atoms with Crippen LogP contribution in [0.2, 0.25) is 0 Å². The average Bonchev–Trinajstić information content (AvgIpc) is 2.85. The third kappa shape index (κ3) is 10.0. The highest BCUT2D eigenvalue weighted by Crippen LogP contribution is 2.21. The van der Waals surface area contributed by atoms with Gasteiger partial charge in [-0.25, -0.2) is 0 Å². The molecule has 0 spiro atoms. The van der Waals surface area contributed by atoms with Crippen molar-refractivity contribution in [2.24, 2.45) is 0 Å². The second-order valence-corrected chi connectivity index (χ2v) is 8.64. The second kappa shape index (κ2) is 15.0. The van der Waals surface area contributed by atoms with E-state index in [-0.39, 0.29) is 6.29 Å². The van der Waals surface area contributed by atoms with E-state index in [4.69, 9.17) is 9.47 Å². The van der Waals surface area contributed by atoms with E-state index >= 15 is 0 Å². The molecule has 3 aromatic carbocycles. The van der Waals surface area contributed by atoms with Crippen LogP contribution >= 0.6 is 0 Å². The molecule has 0 saturated carbocycles. The van der Waals surface area contributed by atoms with Crippen molar-refractivity contribution in [1.82, 2.24) is 0 Å². The van der Waals surface area contributed by atoms with Crippen LogP contribution < -0.4 is 9.47 Å². The van der Waals surface area contributed by atoms with Gasteiger partial charge in [-0.2, -0.15) is 0 Å². The Morgan fingerprint density at radius 1 is 0.515 bits per heavy atom. The van der Waals surface area contributed by atoms with Crippen molar-refractivity contribution in [3.05, 3.63) is 90.5 Å². The van der Waals surface area contributed by atoms with Crippen molar-refractivity contribution < 1.29 is 14.6 Å². The van der Waals surface area contributed by atoms with Crippen LogP contribution in [-0.2, 0) is 6.42 Å². The fourth-order valence-corrected chi connectivity index (χ4v) is 4.03. The normalized spacial score (nSPS) is 10.9. The van der Waals surface area contributed by atoms with E-state index in [0.29, 0.717) is 5.75 Å². The molecule has 33 heavy (non-hydrogen) atoms. The molecule has 0 atom stereocenters. The van der Waals surface area contributed by atoms with Gasteiger partial charge >= 0.3 is 0 Å². The maximum atomic E-state index is 9.82. The summed E-state index contributed by atoms with van der Waals surface area (Å²) in [5.74, 6) is 2.13. The van der Waals surface area contributed by atoms with Crippen LogP contribution in [0.25, 0.3) is 0 Å². The first-order valence-electron chi connectivity index (χ1n) is 12.5. The Morgan fingerprint density at radius 2 is 0.970 bits per heavy atom. The topological polar surface area (TPSA) is 38.7 Å². The minimum Gasteiger partial charge on any atom is -0.508 e. The SMILES string of the molecule is Oc1ccccc1CCCCCCCCCCCC(Oc1ccccc1)Oc1ccccc1. The monoisotopic (exact) mass is 446 g/mol. The van der Waals surface area contributed by atoms with E-state index in [2.05, 4.69) is 0 Å². The molecular weight excluding hydrogens is 408 g/mol. The van der Waals surface area contributed by atoms with Gasteiger partial charge in [-0.3, -0.25) is 0 Å². The predicted molar refractivity (Wildman–Crippen MR) is 136 cm³/mol. The van der Waals surface area contributed by atoms with Crippen molar-refractivity contribution in [2.45, 2.75) is 76.9 Å². The summed E-state index contributed by atoms with van der Waals surface area (Å²) in [6.07, 6.45) is 12.8. The lowest BCUT2D eigenvalue weighted by Crippen LogP contribution is -2.23. The lowest BCUT2D eigenvalue weighted by molar-refractivity contribution is -0.00245. The molecular formula is C30H38O3. The van der Waals surface area contributed by atoms with Crippen LogP contribution in [-0.4, -0.2) is 11.4 Å². The molecule has 1 N–H and O–H groups in total. The standard InChI is InChI=1S/C30H38O3/c31-29-24-17-16-19-26(29)18-10-6-4-2-1-3-5-7-15-25-30(32-27-20-11-8-12-21-27)33-28-22-13-9-14-23-28/h8-9,11-14,16-17,19-24,30-31H,1-7,10,15,18,25H2. The van der Waals surface area contributed by atoms with Crippen molar-refractivity contribution in [2.75, 3.05) is 0 Å². The minimum atomic E-state index is -0.265. The molecule has 0 aliphatic carbocycles. The number of aromatic hydroxyl groups is 1. The van der Waals surface area contributed by atoms with Gasteiger partial charge in [0.1, 0.15) is 17.2 Å². The summed E-state index contributed by atoms with van der Waals surface area (Å²) in [6, 6.07) is 27.5. The Hall–Kier alpha value is -2.94. The van der Waals surface area contributed by atoms with Gasteiger partial charge in [0.25, 0.3) is 0 Å². The van der Waals surface area contributed by atoms with Crippen LogP contribution in [0.15, 0.2) is 84.9 Å². The zero-order valence-electron chi connectivity index (χ0n) is 19.7. The molecule has 0 radical (unpaired) electrons. The summed E-state index contributed by atoms with van der Waals surface area (Å²) in [5, 5.41) is 9.82. The van der Waals surface area contributed by atoms with E-state index in [1.807, 2.05) is 78.9 Å². The molecule has 0 bridgehead atoms. The van der Waals surface area contributed by atoms with Gasteiger partial charge in [0.15, 0.2) is 0 Å². The molecule has 0 aromatic heterocycles. The van der Waals surface area contributed by atoms with E-state index in [1.54, 1.807) is 6.07 Å². The quantitative estimate of drug-likeness (QED) is 0.178. The average molecular weight is 447 g/mol. The van der Waals surface area contributed by atoms with Gasteiger partial charge in [-0.1, -0.05) is 99.5 Å². The summed E-state index contributed by atoms with van der Waals surface area (Å²) < 4.78 is 12.2. The summed E-state index contributed by atoms with van der Waals surface area (Å²) in [4.78, 5) is 0. The number of hydrogen-bond donors (Lipinski definition) is 1. The molecule has 0 fully saturated rings. The summed E-state index contributed by atoms with van der Waals surface area (Å²) in [7, 11) is 0. The Balaban J connectivity index is 1.24. The molecule has 0 unspecified atom stereocenters. The maximum absolute atomic E-state index is 9.82. The van der Waals surface area contributed by atoms with Crippen molar-refractivity contribution in [3.8, 4) is 17.2 Å². The van der Waals surface area contributed by atoms with E-state index in [9.17, 15) is 5.11 Å². The Bertz CT molecular complexity index is 838. The van der Waals surface area contributed by atoms with Crippen molar-refractivity contribution in [3.63, 3.8) is 0 Å². The lowest BCUT2D eigenvalue weighted by atomic mass is 10.0. The fraction of sp³-hybridized carbons (Fsp3) is 0.400. The van der Waals surface area contributed by atoms with Gasteiger partial charge in [-0.05, 0) is 55.2 Å². The first kappa shape index (κ1) is 24.7. The number of benzene rings is 3. The minimum absolute atomic E-state index is 0.265. The molecule has 176 valence electrons. The highest BCUT2D eigenvalue weighted by molar-refractivity contribution is 5.31. The lowest BCUT2D eigenvalue weighted by Gasteiger charge is -2.20. The summed E-state index contributed by atoms with van der Waals surface area (Å²) >= 11 is 0. The van der Waals surface area contributed by atoms with Crippen LogP contribution in [0.1, 0.15) is 69.8 Å². The Kier molecular flexibility index (Phi) is 11.2. The smallest absolute Gasteiger partial charge is 0.241 e. The zero-order chi connectivity index (χ0) is 23.0. The highest BCUT2D eigenvalue weighted by atomic mass is 16.7. The van der Waals surface area contributed by atoms with E-state index in [0.717, 1.165) is 42.7 Å². The number of aryl methyl sites for hydroxylation is 1. The van der Waals surface area contributed by atoms with Gasteiger partial charge in [-0.15, -0.1) is 0 Å². The molecule has 3 nitrogen and oxygen atoms in total. The number of unbranched alkanes of at least 4 members (excludes halogenated alkanes) is 8. The summed E-state index contributed by atoms with van der Waals surface area (Å²) in [6.45, 7) is 0. The molecule has 0 amide bonds. The van der Waals surface area contributed by atoms with Gasteiger partial charge in [0.05, 0.1) is 0 Å². The molecule has 0 heterocycles. The molecule has 0 saturated heterocycles. The third-order valence-electron chi connectivity index (χ3n) is 5.90. The molecule has 3 rings (SSSR count). The molecule has 0 aliphatic rings. The predicted octanol–water partition coefficient (Wildman–Crippen LogP) is 8.32. The van der Waals surface area contributed by atoms with Gasteiger partial charge < -0.3 is 14.6 Å². The van der Waals surface area contributed by atoms with Crippen LogP contribution in [0.5, 0.6) is 17.2 Å². The number of hydrogen-bond acceptors (Lipinski definition) is 3. The number of ether oxygens (including phenoxy) is 2. The summed E-state index contributed by atoms with van der Waals surface area (Å²) in [5.41, 5.74) is 1.07. The first-order valence-corrected chi connectivity index (χ1v) is 12.5. The number of rotatable bonds is 16. The fourth-order valence-electron chi connectivity index (χ4n) is 4.03. The molecule has 3 aromatic rings. The first-order chi connectivity index (χ1) is 16.3. The number of phenols is 1. The van der Waals surface area contributed by atoms with Gasteiger partial charge in [0.2, 0.25) is 6.29 Å². The number of para-hydroxylation sites is 3. The third-order valence-corrected chi connectivity index (χ3v) is 5.90. The Morgan fingerprint density at radius 3 is 1.52 bits per heavy atom.